The van der Waals surface area contributed by atoms with Crippen molar-refractivity contribution in [3.05, 3.63) is 17.7 Å². The SMILES string of the molecule is CCNc1nc(NCC(C)(O)CC(C)C)c(F)cc1F. The van der Waals surface area contributed by atoms with Gasteiger partial charge >= 0.3 is 0 Å². The summed E-state index contributed by atoms with van der Waals surface area (Å²) in [5.41, 5.74) is -0.977. The number of halogens is 2. The Labute approximate surface area is 118 Å². The topological polar surface area (TPSA) is 57.2 Å². The third-order valence-electron chi connectivity index (χ3n) is 2.76. The lowest BCUT2D eigenvalue weighted by Crippen LogP contribution is -2.35. The fourth-order valence-electron chi connectivity index (χ4n) is 2.11. The van der Waals surface area contributed by atoms with Crippen molar-refractivity contribution in [2.45, 2.75) is 39.7 Å². The highest BCUT2D eigenvalue weighted by Gasteiger charge is 2.22. The molecule has 1 aromatic rings. The third kappa shape index (κ3) is 4.92. The number of hydrogen-bond acceptors (Lipinski definition) is 4. The monoisotopic (exact) mass is 287 g/mol. The van der Waals surface area contributed by atoms with E-state index >= 15 is 0 Å². The van der Waals surface area contributed by atoms with E-state index in [2.05, 4.69) is 15.6 Å². The van der Waals surface area contributed by atoms with E-state index in [0.717, 1.165) is 6.07 Å². The van der Waals surface area contributed by atoms with Crippen molar-refractivity contribution in [1.82, 2.24) is 4.98 Å². The molecule has 1 rings (SSSR count). The Kier molecular flexibility index (Phi) is 5.68. The molecule has 3 N–H and O–H groups in total. The molecule has 1 atom stereocenters. The van der Waals surface area contributed by atoms with Gasteiger partial charge in [0.2, 0.25) is 0 Å². The fourth-order valence-corrected chi connectivity index (χ4v) is 2.11. The number of rotatable bonds is 7. The molecule has 0 saturated heterocycles. The van der Waals surface area contributed by atoms with Crippen LogP contribution in [0.2, 0.25) is 0 Å². The second-order valence-electron chi connectivity index (χ2n) is 5.63. The van der Waals surface area contributed by atoms with Crippen LogP contribution in [0.15, 0.2) is 6.07 Å². The van der Waals surface area contributed by atoms with E-state index < -0.39 is 17.2 Å². The van der Waals surface area contributed by atoms with Crippen molar-refractivity contribution < 1.29 is 13.9 Å². The van der Waals surface area contributed by atoms with E-state index in [4.69, 9.17) is 0 Å². The second-order valence-corrected chi connectivity index (χ2v) is 5.63. The van der Waals surface area contributed by atoms with Gasteiger partial charge in [0.15, 0.2) is 23.3 Å². The number of hydrogen-bond donors (Lipinski definition) is 3. The van der Waals surface area contributed by atoms with Gasteiger partial charge in [0.05, 0.1) is 5.60 Å². The Balaban J connectivity index is 2.79. The lowest BCUT2D eigenvalue weighted by Gasteiger charge is -2.26. The summed E-state index contributed by atoms with van der Waals surface area (Å²) < 4.78 is 27.1. The van der Waals surface area contributed by atoms with E-state index in [1.165, 1.54) is 0 Å². The molecular formula is C14H23F2N3O. The van der Waals surface area contributed by atoms with E-state index in [9.17, 15) is 13.9 Å². The van der Waals surface area contributed by atoms with Crippen LogP contribution in [0.25, 0.3) is 0 Å². The van der Waals surface area contributed by atoms with Crippen LogP contribution < -0.4 is 10.6 Å². The maximum absolute atomic E-state index is 13.6. The maximum Gasteiger partial charge on any atom is 0.168 e. The quantitative estimate of drug-likeness (QED) is 0.721. The van der Waals surface area contributed by atoms with Crippen LogP contribution in [-0.4, -0.2) is 28.8 Å². The lowest BCUT2D eigenvalue weighted by atomic mass is 9.94. The highest BCUT2D eigenvalue weighted by molar-refractivity contribution is 5.47. The van der Waals surface area contributed by atoms with Gasteiger partial charge in [-0.25, -0.2) is 13.8 Å². The summed E-state index contributed by atoms with van der Waals surface area (Å²) >= 11 is 0. The minimum atomic E-state index is -0.977. The van der Waals surface area contributed by atoms with Crippen molar-refractivity contribution in [1.29, 1.82) is 0 Å². The predicted molar refractivity (Wildman–Crippen MR) is 76.9 cm³/mol. The van der Waals surface area contributed by atoms with Gasteiger partial charge in [0.25, 0.3) is 0 Å². The Bertz CT molecular complexity index is 450. The minimum absolute atomic E-state index is 0.0000903. The van der Waals surface area contributed by atoms with Crippen molar-refractivity contribution in [2.24, 2.45) is 5.92 Å². The van der Waals surface area contributed by atoms with Crippen LogP contribution in [0.5, 0.6) is 0 Å². The van der Waals surface area contributed by atoms with Crippen molar-refractivity contribution >= 4 is 11.6 Å². The van der Waals surface area contributed by atoms with Crippen LogP contribution in [0.3, 0.4) is 0 Å². The first kappa shape index (κ1) is 16.6. The average Bonchev–Trinajstić information content (AvgIpc) is 2.29. The highest BCUT2D eigenvalue weighted by atomic mass is 19.1. The number of pyridine rings is 1. The molecule has 0 aliphatic rings. The molecule has 1 heterocycles. The fraction of sp³-hybridized carbons (Fsp3) is 0.643. The number of nitrogens with one attached hydrogen (secondary N) is 2. The lowest BCUT2D eigenvalue weighted by molar-refractivity contribution is 0.0514. The molecule has 4 nitrogen and oxygen atoms in total. The molecule has 6 heteroatoms. The molecule has 114 valence electrons. The summed E-state index contributed by atoms with van der Waals surface area (Å²) in [4.78, 5) is 3.86. The summed E-state index contributed by atoms with van der Waals surface area (Å²) in [6.45, 7) is 8.09. The number of aromatic nitrogens is 1. The van der Waals surface area contributed by atoms with Crippen LogP contribution in [0.1, 0.15) is 34.1 Å². The Morgan fingerprint density at radius 2 is 1.80 bits per heavy atom. The van der Waals surface area contributed by atoms with E-state index in [0.29, 0.717) is 18.9 Å². The molecular weight excluding hydrogens is 264 g/mol. The van der Waals surface area contributed by atoms with Gasteiger partial charge in [0.1, 0.15) is 0 Å². The molecule has 0 amide bonds. The standard InChI is InChI=1S/C14H23F2N3O/c1-5-17-12-10(15)6-11(16)13(19-12)18-8-14(4,20)7-9(2)3/h6,9,20H,5,7-8H2,1-4H3,(H2,17,18,19). The summed E-state index contributed by atoms with van der Waals surface area (Å²) in [7, 11) is 0. The second kappa shape index (κ2) is 6.83. The molecule has 0 aliphatic carbocycles. The molecule has 0 radical (unpaired) electrons. The Hall–Kier alpha value is -1.43. The van der Waals surface area contributed by atoms with Gasteiger partial charge in [-0.05, 0) is 26.2 Å². The van der Waals surface area contributed by atoms with Gasteiger partial charge in [-0.15, -0.1) is 0 Å². The van der Waals surface area contributed by atoms with Crippen LogP contribution in [-0.2, 0) is 0 Å². The smallest absolute Gasteiger partial charge is 0.168 e. The number of anilines is 2. The molecule has 0 saturated carbocycles. The van der Waals surface area contributed by atoms with Crippen molar-refractivity contribution in [3.63, 3.8) is 0 Å². The normalized spacial score (nSPS) is 14.2. The molecule has 20 heavy (non-hydrogen) atoms. The molecule has 0 fully saturated rings. The first-order valence-electron chi connectivity index (χ1n) is 6.81. The number of nitrogens with zero attached hydrogens (tertiary/aromatic N) is 1. The third-order valence-corrected chi connectivity index (χ3v) is 2.76. The highest BCUT2D eigenvalue weighted by Crippen LogP contribution is 2.21. The van der Waals surface area contributed by atoms with Gasteiger partial charge < -0.3 is 15.7 Å². The zero-order valence-electron chi connectivity index (χ0n) is 12.4. The van der Waals surface area contributed by atoms with E-state index in [-0.39, 0.29) is 18.2 Å². The largest absolute Gasteiger partial charge is 0.388 e. The minimum Gasteiger partial charge on any atom is -0.388 e. The molecule has 1 aromatic heterocycles. The summed E-state index contributed by atoms with van der Waals surface area (Å²) in [6, 6.07) is 0.782. The van der Waals surface area contributed by atoms with Crippen molar-refractivity contribution in [2.75, 3.05) is 23.7 Å². The summed E-state index contributed by atoms with van der Waals surface area (Å²) in [5, 5.41) is 15.6. The first-order chi connectivity index (χ1) is 9.25. The van der Waals surface area contributed by atoms with Crippen LogP contribution >= 0.6 is 0 Å². The molecule has 0 aromatic carbocycles. The Morgan fingerprint density at radius 3 is 2.30 bits per heavy atom. The van der Waals surface area contributed by atoms with E-state index in [1.54, 1.807) is 13.8 Å². The first-order valence-corrected chi connectivity index (χ1v) is 6.81. The molecule has 0 bridgehead atoms. The van der Waals surface area contributed by atoms with Crippen LogP contribution in [0.4, 0.5) is 20.4 Å². The summed E-state index contributed by atoms with van der Waals surface area (Å²) in [5.74, 6) is -1.25. The molecule has 0 aliphatic heterocycles. The van der Waals surface area contributed by atoms with Gasteiger partial charge in [-0.3, -0.25) is 0 Å². The maximum atomic E-state index is 13.6. The van der Waals surface area contributed by atoms with Gasteiger partial charge in [-0.1, -0.05) is 13.8 Å². The molecule has 0 spiro atoms. The Morgan fingerprint density at radius 1 is 1.25 bits per heavy atom. The average molecular weight is 287 g/mol. The zero-order chi connectivity index (χ0) is 15.3. The number of aliphatic hydroxyl groups is 1. The summed E-state index contributed by atoms with van der Waals surface area (Å²) in [6.07, 6.45) is 0.572. The predicted octanol–water partition coefficient (Wildman–Crippen LogP) is 3.00. The van der Waals surface area contributed by atoms with Gasteiger partial charge in [0, 0.05) is 19.2 Å². The zero-order valence-corrected chi connectivity index (χ0v) is 12.4. The van der Waals surface area contributed by atoms with Crippen molar-refractivity contribution in [3.8, 4) is 0 Å². The van der Waals surface area contributed by atoms with Gasteiger partial charge in [-0.2, -0.15) is 0 Å². The van der Waals surface area contributed by atoms with E-state index in [1.807, 2.05) is 13.8 Å². The van der Waals surface area contributed by atoms with Crippen LogP contribution in [0, 0.1) is 17.6 Å². The molecule has 1 unspecified atom stereocenters.